The van der Waals surface area contributed by atoms with E-state index in [1.807, 2.05) is 36.4 Å². The predicted molar refractivity (Wildman–Crippen MR) is 118 cm³/mol. The fourth-order valence-electron chi connectivity index (χ4n) is 2.64. The zero-order valence-corrected chi connectivity index (χ0v) is 17.6. The van der Waals surface area contributed by atoms with Crippen molar-refractivity contribution in [2.75, 3.05) is 32.8 Å². The molecule has 2 heterocycles. The fraction of sp³-hybridized carbons (Fsp3) is 0.167. The third-order valence-electron chi connectivity index (χ3n) is 4.19. The molecule has 0 saturated carbocycles. The highest BCUT2D eigenvalue weighted by molar-refractivity contribution is 5.93. The summed E-state index contributed by atoms with van der Waals surface area (Å²) in [5.74, 6) is 5.72. The Kier molecular flexibility index (Phi) is 7.90. The molecule has 0 aliphatic heterocycles. The maximum atomic E-state index is 12.1. The van der Waals surface area contributed by atoms with Gasteiger partial charge in [-0.15, -0.1) is 0 Å². The number of esters is 1. The Balaban J connectivity index is 1.83. The number of ether oxygens (including phenoxy) is 3. The van der Waals surface area contributed by atoms with Crippen LogP contribution >= 0.6 is 0 Å². The van der Waals surface area contributed by atoms with Gasteiger partial charge >= 0.3 is 12.1 Å². The largest absolute Gasteiger partial charge is 0.465 e. The molecule has 32 heavy (non-hydrogen) atoms. The second-order valence-electron chi connectivity index (χ2n) is 6.44. The maximum absolute atomic E-state index is 12.1. The van der Waals surface area contributed by atoms with Gasteiger partial charge in [-0.25, -0.2) is 14.6 Å². The van der Waals surface area contributed by atoms with Gasteiger partial charge in [0.25, 0.3) is 0 Å². The third kappa shape index (κ3) is 6.39. The van der Waals surface area contributed by atoms with Crippen LogP contribution in [0.5, 0.6) is 0 Å². The molecular formula is C24H21N3O5. The first-order chi connectivity index (χ1) is 15.6. The standard InChI is InChI=1S/C24H21N3O5/c1-30-12-13-32-24(29)27-22-15-20(23(28)31-2)14-21(26-22)19-9-7-17(8-10-19)5-6-18-4-3-11-25-16-18/h3-4,7-11,14-16H,12-13H2,1-2H3,(H,26,27,29). The van der Waals surface area contributed by atoms with Crippen molar-refractivity contribution in [2.45, 2.75) is 0 Å². The molecule has 0 radical (unpaired) electrons. The highest BCUT2D eigenvalue weighted by atomic mass is 16.6. The normalized spacial score (nSPS) is 9.94. The first-order valence-electron chi connectivity index (χ1n) is 9.64. The van der Waals surface area contributed by atoms with Crippen molar-refractivity contribution in [3.05, 3.63) is 77.6 Å². The van der Waals surface area contributed by atoms with Crippen LogP contribution in [-0.4, -0.2) is 49.5 Å². The van der Waals surface area contributed by atoms with Crippen LogP contribution in [0.4, 0.5) is 10.6 Å². The average Bonchev–Trinajstić information content (AvgIpc) is 2.83. The van der Waals surface area contributed by atoms with Crippen molar-refractivity contribution < 1.29 is 23.8 Å². The highest BCUT2D eigenvalue weighted by Crippen LogP contribution is 2.22. The van der Waals surface area contributed by atoms with Gasteiger partial charge in [0.05, 0.1) is 25.0 Å². The van der Waals surface area contributed by atoms with Crippen LogP contribution in [0.2, 0.25) is 0 Å². The molecule has 8 heteroatoms. The zero-order chi connectivity index (χ0) is 22.8. The first kappa shape index (κ1) is 22.5. The average molecular weight is 431 g/mol. The Morgan fingerprint density at radius 3 is 2.47 bits per heavy atom. The van der Waals surface area contributed by atoms with E-state index >= 15 is 0 Å². The lowest BCUT2D eigenvalue weighted by molar-refractivity contribution is 0.0600. The second-order valence-corrected chi connectivity index (χ2v) is 6.44. The molecule has 1 aromatic carbocycles. The summed E-state index contributed by atoms with van der Waals surface area (Å²) in [6, 6.07) is 14.1. The molecule has 0 unspecified atom stereocenters. The van der Waals surface area contributed by atoms with E-state index in [-0.39, 0.29) is 24.6 Å². The number of aromatic nitrogens is 2. The van der Waals surface area contributed by atoms with Crippen molar-refractivity contribution in [1.82, 2.24) is 9.97 Å². The molecular weight excluding hydrogens is 410 g/mol. The van der Waals surface area contributed by atoms with E-state index in [2.05, 4.69) is 27.1 Å². The summed E-state index contributed by atoms with van der Waals surface area (Å²) in [4.78, 5) is 32.5. The fourth-order valence-corrected chi connectivity index (χ4v) is 2.64. The van der Waals surface area contributed by atoms with Crippen molar-refractivity contribution >= 4 is 17.9 Å². The molecule has 0 atom stereocenters. The summed E-state index contributed by atoms with van der Waals surface area (Å²) < 4.78 is 14.6. The van der Waals surface area contributed by atoms with Gasteiger partial charge in [0.15, 0.2) is 0 Å². The molecule has 0 aliphatic rings. The Bertz CT molecular complexity index is 1140. The van der Waals surface area contributed by atoms with Crippen molar-refractivity contribution in [3.63, 3.8) is 0 Å². The lowest BCUT2D eigenvalue weighted by atomic mass is 10.1. The molecule has 2 aromatic heterocycles. The van der Waals surface area contributed by atoms with Crippen molar-refractivity contribution in [1.29, 1.82) is 0 Å². The van der Waals surface area contributed by atoms with Crippen LogP contribution < -0.4 is 5.32 Å². The van der Waals surface area contributed by atoms with E-state index in [9.17, 15) is 9.59 Å². The van der Waals surface area contributed by atoms with Crippen LogP contribution in [0, 0.1) is 11.8 Å². The third-order valence-corrected chi connectivity index (χ3v) is 4.19. The number of rotatable bonds is 6. The number of amides is 1. The van der Waals surface area contributed by atoms with Gasteiger partial charge < -0.3 is 14.2 Å². The zero-order valence-electron chi connectivity index (χ0n) is 17.6. The van der Waals surface area contributed by atoms with Crippen LogP contribution in [0.1, 0.15) is 21.5 Å². The number of anilines is 1. The van der Waals surface area contributed by atoms with Gasteiger partial charge in [-0.1, -0.05) is 24.0 Å². The summed E-state index contributed by atoms with van der Waals surface area (Å²) in [6.45, 7) is 0.359. The van der Waals surface area contributed by atoms with Gasteiger partial charge in [0.2, 0.25) is 0 Å². The molecule has 0 spiro atoms. The predicted octanol–water partition coefficient (Wildman–Crippen LogP) is 3.52. The van der Waals surface area contributed by atoms with Crippen LogP contribution in [0.15, 0.2) is 60.9 Å². The molecule has 162 valence electrons. The molecule has 0 fully saturated rings. The molecule has 3 aromatic rings. The van der Waals surface area contributed by atoms with Crippen molar-refractivity contribution in [3.8, 4) is 23.1 Å². The number of carbonyl (C=O) groups is 2. The number of pyridine rings is 2. The molecule has 1 amide bonds. The number of carbonyl (C=O) groups excluding carboxylic acids is 2. The summed E-state index contributed by atoms with van der Waals surface area (Å²) in [5.41, 5.74) is 3.08. The summed E-state index contributed by atoms with van der Waals surface area (Å²) in [7, 11) is 2.79. The van der Waals surface area contributed by atoms with Crippen LogP contribution in [0.25, 0.3) is 11.3 Å². The quantitative estimate of drug-likeness (QED) is 0.362. The molecule has 3 rings (SSSR count). The van der Waals surface area contributed by atoms with Gasteiger partial charge in [0, 0.05) is 36.2 Å². The van der Waals surface area contributed by atoms with Gasteiger partial charge in [-0.3, -0.25) is 10.3 Å². The summed E-state index contributed by atoms with van der Waals surface area (Å²) in [6.07, 6.45) is 2.68. The number of hydrogen-bond acceptors (Lipinski definition) is 7. The number of hydrogen-bond donors (Lipinski definition) is 1. The van der Waals surface area contributed by atoms with Crippen LogP contribution in [0.3, 0.4) is 0 Å². The SMILES string of the molecule is COCCOC(=O)Nc1cc(C(=O)OC)cc(-c2ccc(C#Cc3cccnc3)cc2)n1. The lowest BCUT2D eigenvalue weighted by Gasteiger charge is -2.10. The number of nitrogens with zero attached hydrogens (tertiary/aromatic N) is 2. The molecule has 0 bridgehead atoms. The van der Waals surface area contributed by atoms with Crippen molar-refractivity contribution in [2.24, 2.45) is 0 Å². The minimum Gasteiger partial charge on any atom is -0.465 e. The number of methoxy groups -OCH3 is 2. The Morgan fingerprint density at radius 2 is 1.78 bits per heavy atom. The minimum absolute atomic E-state index is 0.0907. The Hall–Kier alpha value is -4.22. The van der Waals surface area contributed by atoms with E-state index in [1.165, 1.54) is 20.3 Å². The molecule has 0 aliphatic carbocycles. The molecule has 0 saturated heterocycles. The molecule has 8 nitrogen and oxygen atoms in total. The first-order valence-corrected chi connectivity index (χ1v) is 9.64. The van der Waals surface area contributed by atoms with E-state index in [0.717, 1.165) is 16.7 Å². The van der Waals surface area contributed by atoms with E-state index in [4.69, 9.17) is 14.2 Å². The lowest BCUT2D eigenvalue weighted by Crippen LogP contribution is -2.17. The maximum Gasteiger partial charge on any atom is 0.412 e. The second kappa shape index (κ2) is 11.2. The smallest absolute Gasteiger partial charge is 0.412 e. The van der Waals surface area contributed by atoms with Crippen LogP contribution in [-0.2, 0) is 14.2 Å². The van der Waals surface area contributed by atoms with E-state index < -0.39 is 12.1 Å². The summed E-state index contributed by atoms with van der Waals surface area (Å²) >= 11 is 0. The molecule has 1 N–H and O–H groups in total. The van der Waals surface area contributed by atoms with Gasteiger partial charge in [-0.2, -0.15) is 0 Å². The number of benzene rings is 1. The Labute approximate surface area is 185 Å². The van der Waals surface area contributed by atoms with E-state index in [0.29, 0.717) is 5.69 Å². The highest BCUT2D eigenvalue weighted by Gasteiger charge is 2.13. The number of nitrogens with one attached hydrogen (secondary N) is 1. The minimum atomic E-state index is -0.705. The van der Waals surface area contributed by atoms with E-state index in [1.54, 1.807) is 18.5 Å². The topological polar surface area (TPSA) is 99.6 Å². The Morgan fingerprint density at radius 1 is 1.00 bits per heavy atom. The summed E-state index contributed by atoms with van der Waals surface area (Å²) in [5, 5.41) is 2.52. The van der Waals surface area contributed by atoms with Gasteiger partial charge in [0.1, 0.15) is 12.4 Å². The van der Waals surface area contributed by atoms with Gasteiger partial charge in [-0.05, 0) is 36.4 Å². The monoisotopic (exact) mass is 431 g/mol.